The van der Waals surface area contributed by atoms with Crippen LogP contribution >= 0.6 is 0 Å². The molecular weight excluding hydrogens is 380 g/mol. The van der Waals surface area contributed by atoms with E-state index in [0.717, 1.165) is 37.3 Å². The monoisotopic (exact) mass is 410 g/mol. The Hall–Kier alpha value is -3.06. The normalized spacial score (nSPS) is 14.3. The van der Waals surface area contributed by atoms with Gasteiger partial charge in [0, 0.05) is 44.8 Å². The number of piperazine rings is 1. The minimum Gasteiger partial charge on any atom is -0.484 e. The highest BCUT2D eigenvalue weighted by molar-refractivity contribution is 5.82. The van der Waals surface area contributed by atoms with Crippen molar-refractivity contribution in [2.24, 2.45) is 0 Å². The lowest BCUT2D eigenvalue weighted by molar-refractivity contribution is -0.130. The zero-order valence-electron chi connectivity index (χ0n) is 17.7. The average molecular weight is 411 g/mol. The molecule has 30 heavy (non-hydrogen) atoms. The summed E-state index contributed by atoms with van der Waals surface area (Å²) >= 11 is 0. The van der Waals surface area contributed by atoms with E-state index >= 15 is 0 Å². The molecule has 0 bridgehead atoms. The second-order valence-corrected chi connectivity index (χ2v) is 7.62. The molecule has 0 atom stereocenters. The Morgan fingerprint density at radius 2 is 1.53 bits per heavy atom. The van der Waals surface area contributed by atoms with E-state index in [2.05, 4.69) is 32.8 Å². The van der Waals surface area contributed by atoms with E-state index in [9.17, 15) is 9.59 Å². The summed E-state index contributed by atoms with van der Waals surface area (Å²) in [6.07, 6.45) is 0.337. The third-order valence-corrected chi connectivity index (χ3v) is 5.06. The van der Waals surface area contributed by atoms with Crippen LogP contribution in [0.3, 0.4) is 0 Å². The van der Waals surface area contributed by atoms with Crippen molar-refractivity contribution in [3.8, 4) is 5.75 Å². The van der Waals surface area contributed by atoms with E-state index in [1.165, 1.54) is 5.69 Å². The number of carbonyl (C=O) groups excluding carboxylic acids is 2. The first kappa shape index (κ1) is 21.6. The number of aryl methyl sites for hydroxylation is 2. The van der Waals surface area contributed by atoms with E-state index < -0.39 is 0 Å². The molecule has 2 N–H and O–H groups in total. The molecule has 160 valence electrons. The van der Waals surface area contributed by atoms with Crippen molar-refractivity contribution in [3.63, 3.8) is 0 Å². The summed E-state index contributed by atoms with van der Waals surface area (Å²) in [4.78, 5) is 28.6. The average Bonchev–Trinajstić information content (AvgIpc) is 2.75. The summed E-state index contributed by atoms with van der Waals surface area (Å²) in [5, 5.41) is 0. The van der Waals surface area contributed by atoms with Gasteiger partial charge in [-0.1, -0.05) is 24.3 Å². The molecule has 1 saturated heterocycles. The molecule has 0 unspecified atom stereocenters. The molecule has 1 heterocycles. The topological polar surface area (TPSA) is 73.9 Å². The molecule has 0 aliphatic carbocycles. The lowest BCUT2D eigenvalue weighted by Gasteiger charge is -2.36. The van der Waals surface area contributed by atoms with E-state index in [1.54, 1.807) is 0 Å². The van der Waals surface area contributed by atoms with Crippen molar-refractivity contribution in [2.45, 2.75) is 20.3 Å². The van der Waals surface area contributed by atoms with Gasteiger partial charge >= 0.3 is 0 Å². The van der Waals surface area contributed by atoms with Crippen LogP contribution in [-0.2, 0) is 9.59 Å². The fraction of sp³-hybridized carbons (Fsp3) is 0.391. The molecule has 0 spiro atoms. The number of hydrogen-bond donors (Lipinski definition) is 2. The van der Waals surface area contributed by atoms with Crippen LogP contribution in [0.25, 0.3) is 0 Å². The third kappa shape index (κ3) is 6.77. The van der Waals surface area contributed by atoms with Gasteiger partial charge in [-0.05, 0) is 49.2 Å². The van der Waals surface area contributed by atoms with Gasteiger partial charge in [0.05, 0.1) is 0 Å². The van der Waals surface area contributed by atoms with Crippen LogP contribution in [0.15, 0.2) is 48.5 Å². The minimum atomic E-state index is -0.390. The van der Waals surface area contributed by atoms with Gasteiger partial charge in [0.25, 0.3) is 5.91 Å². The first-order valence-electron chi connectivity index (χ1n) is 10.3. The maximum absolute atomic E-state index is 12.0. The third-order valence-electron chi connectivity index (χ3n) is 5.06. The molecule has 0 saturated carbocycles. The highest BCUT2D eigenvalue weighted by atomic mass is 16.5. The second-order valence-electron chi connectivity index (χ2n) is 7.62. The quantitative estimate of drug-likeness (QED) is 0.684. The van der Waals surface area contributed by atoms with Crippen molar-refractivity contribution in [2.75, 3.05) is 44.2 Å². The van der Waals surface area contributed by atoms with Crippen molar-refractivity contribution >= 4 is 17.5 Å². The Bertz CT molecular complexity index is 829. The molecule has 2 aromatic rings. The number of para-hydroxylation sites is 1. The van der Waals surface area contributed by atoms with Crippen LogP contribution in [0.1, 0.15) is 17.5 Å². The SMILES string of the molecule is Cc1cc(C)cc(OCC(=O)NNC(=O)CCN2CCN(c3ccccc3)CC2)c1. The minimum absolute atomic E-state index is 0.148. The van der Waals surface area contributed by atoms with E-state index in [1.807, 2.05) is 50.2 Å². The largest absolute Gasteiger partial charge is 0.484 e. The van der Waals surface area contributed by atoms with Crippen molar-refractivity contribution < 1.29 is 14.3 Å². The number of amides is 2. The molecule has 0 radical (unpaired) electrons. The van der Waals surface area contributed by atoms with Gasteiger partial charge in [-0.25, -0.2) is 0 Å². The Labute approximate surface area is 178 Å². The van der Waals surface area contributed by atoms with E-state index in [4.69, 9.17) is 4.74 Å². The molecule has 3 rings (SSSR count). The van der Waals surface area contributed by atoms with Gasteiger partial charge in [-0.15, -0.1) is 0 Å². The molecule has 0 aromatic heterocycles. The molecule has 7 heteroatoms. The zero-order valence-corrected chi connectivity index (χ0v) is 17.7. The molecule has 2 amide bonds. The van der Waals surface area contributed by atoms with Crippen LogP contribution in [-0.4, -0.2) is 56.0 Å². The number of benzene rings is 2. The lowest BCUT2D eigenvalue weighted by atomic mass is 10.1. The first-order chi connectivity index (χ1) is 14.5. The van der Waals surface area contributed by atoms with Crippen LogP contribution < -0.4 is 20.5 Å². The molecule has 7 nitrogen and oxygen atoms in total. The summed E-state index contributed by atoms with van der Waals surface area (Å²) in [6, 6.07) is 16.1. The second kappa shape index (κ2) is 10.6. The molecular formula is C23H30N4O3. The summed E-state index contributed by atoms with van der Waals surface area (Å²) in [5.74, 6) is 0.0443. The van der Waals surface area contributed by atoms with Gasteiger partial charge in [-0.3, -0.25) is 25.3 Å². The zero-order chi connectivity index (χ0) is 21.3. The lowest BCUT2D eigenvalue weighted by Crippen LogP contribution is -2.48. The van der Waals surface area contributed by atoms with Gasteiger partial charge in [0.15, 0.2) is 6.61 Å². The molecule has 1 fully saturated rings. The van der Waals surface area contributed by atoms with Gasteiger partial charge in [0.2, 0.25) is 5.91 Å². The summed E-state index contributed by atoms with van der Waals surface area (Å²) in [5.41, 5.74) is 8.25. The van der Waals surface area contributed by atoms with Crippen LogP contribution in [0, 0.1) is 13.8 Å². The highest BCUT2D eigenvalue weighted by Crippen LogP contribution is 2.16. The predicted octanol–water partition coefficient (Wildman–Crippen LogP) is 2.04. The first-order valence-corrected chi connectivity index (χ1v) is 10.3. The van der Waals surface area contributed by atoms with Gasteiger partial charge < -0.3 is 9.64 Å². The summed E-state index contributed by atoms with van der Waals surface area (Å²) < 4.78 is 5.49. The highest BCUT2D eigenvalue weighted by Gasteiger charge is 2.17. The fourth-order valence-electron chi connectivity index (χ4n) is 3.53. The summed E-state index contributed by atoms with van der Waals surface area (Å²) in [7, 11) is 0. The van der Waals surface area contributed by atoms with Crippen LogP contribution in [0.5, 0.6) is 5.75 Å². The van der Waals surface area contributed by atoms with Crippen LogP contribution in [0.2, 0.25) is 0 Å². The number of ether oxygens (including phenoxy) is 1. The molecule has 2 aromatic carbocycles. The smallest absolute Gasteiger partial charge is 0.276 e. The summed E-state index contributed by atoms with van der Waals surface area (Å²) in [6.45, 7) is 8.18. The predicted molar refractivity (Wildman–Crippen MR) is 117 cm³/mol. The van der Waals surface area contributed by atoms with Gasteiger partial charge in [-0.2, -0.15) is 0 Å². The Balaban J connectivity index is 1.30. The fourth-order valence-corrected chi connectivity index (χ4v) is 3.53. The Morgan fingerprint density at radius 1 is 0.900 bits per heavy atom. The number of nitrogens with one attached hydrogen (secondary N) is 2. The maximum atomic E-state index is 12.0. The van der Waals surface area contributed by atoms with E-state index in [-0.39, 0.29) is 18.4 Å². The number of nitrogens with zero attached hydrogens (tertiary/aromatic N) is 2. The number of hydrogen-bond acceptors (Lipinski definition) is 5. The van der Waals surface area contributed by atoms with Crippen molar-refractivity contribution in [1.82, 2.24) is 15.8 Å². The Kier molecular flexibility index (Phi) is 7.68. The number of hydrazine groups is 1. The Morgan fingerprint density at radius 3 is 2.20 bits per heavy atom. The van der Waals surface area contributed by atoms with Gasteiger partial charge in [0.1, 0.15) is 5.75 Å². The van der Waals surface area contributed by atoms with E-state index in [0.29, 0.717) is 18.7 Å². The molecule has 1 aliphatic heterocycles. The van der Waals surface area contributed by atoms with Crippen molar-refractivity contribution in [1.29, 1.82) is 0 Å². The standard InChI is InChI=1S/C23H30N4O3/c1-18-14-19(2)16-21(15-18)30-17-23(29)25-24-22(28)8-9-26-10-12-27(13-11-26)20-6-4-3-5-7-20/h3-7,14-16H,8-13,17H2,1-2H3,(H,24,28)(H,25,29). The number of carbonyl (C=O) groups is 2. The molecule has 1 aliphatic rings. The number of rotatable bonds is 7. The van der Waals surface area contributed by atoms with Crippen LogP contribution in [0.4, 0.5) is 5.69 Å². The maximum Gasteiger partial charge on any atom is 0.276 e. The number of anilines is 1. The van der Waals surface area contributed by atoms with Crippen molar-refractivity contribution in [3.05, 3.63) is 59.7 Å².